The Morgan fingerprint density at radius 1 is 1.30 bits per heavy atom. The lowest BCUT2D eigenvalue weighted by atomic mass is 9.74. The molecule has 0 spiro atoms. The molecule has 2 atom stereocenters. The molecule has 1 fully saturated rings. The highest BCUT2D eigenvalue weighted by Gasteiger charge is 2.38. The Kier molecular flexibility index (Phi) is 3.17. The lowest BCUT2D eigenvalue weighted by Gasteiger charge is -2.31. The normalized spacial score (nSPS) is 26.4. The van der Waals surface area contributed by atoms with E-state index in [9.17, 15) is 8.42 Å². The van der Waals surface area contributed by atoms with Crippen molar-refractivity contribution in [3.63, 3.8) is 0 Å². The van der Waals surface area contributed by atoms with Gasteiger partial charge in [0.1, 0.15) is 0 Å². The minimum Gasteiger partial charge on any atom is -0.200 e. The van der Waals surface area contributed by atoms with Crippen LogP contribution in [-0.2, 0) is 10.0 Å². The smallest absolute Gasteiger partial charge is 0.200 e. The molecule has 0 saturated heterocycles. The predicted octanol–water partition coefficient (Wildman–Crippen LogP) is 2.53. The first-order chi connectivity index (χ1) is 9.47. The molecular formula is C15H18N2O2S. The van der Waals surface area contributed by atoms with Gasteiger partial charge in [-0.05, 0) is 49.8 Å². The highest BCUT2D eigenvalue weighted by Crippen LogP contribution is 2.40. The number of aryl methyl sites for hydroxylation is 2. The molecule has 0 radical (unpaired) electrons. The van der Waals surface area contributed by atoms with Crippen LogP contribution in [0.3, 0.4) is 0 Å². The molecule has 0 heterocycles. The van der Waals surface area contributed by atoms with Crippen LogP contribution in [-0.4, -0.2) is 14.1 Å². The summed E-state index contributed by atoms with van der Waals surface area (Å²) < 4.78 is 24.6. The van der Waals surface area contributed by atoms with Crippen molar-refractivity contribution in [1.29, 1.82) is 0 Å². The zero-order valence-electron chi connectivity index (χ0n) is 11.6. The molecule has 5 heteroatoms. The lowest BCUT2D eigenvalue weighted by molar-refractivity contribution is 0.463. The standard InChI is InChI=1S/C15H18N2O2S/c1-10-6-7-11(2)15(8-10)20(18,19)17-16-14-9-12-4-3-5-13(12)14/h3-4,6-8,12-13,17H,5,9H2,1-2H3/b16-14-/t12-,13-/m1/s1. The maximum atomic E-state index is 12.3. The average Bonchev–Trinajstić information content (AvgIpc) is 2.74. The summed E-state index contributed by atoms with van der Waals surface area (Å²) in [5.74, 6) is 0.982. The van der Waals surface area contributed by atoms with Crippen LogP contribution in [0.4, 0.5) is 0 Å². The predicted molar refractivity (Wildman–Crippen MR) is 79.0 cm³/mol. The van der Waals surface area contributed by atoms with Gasteiger partial charge in [0.15, 0.2) is 0 Å². The molecular weight excluding hydrogens is 272 g/mol. The monoisotopic (exact) mass is 290 g/mol. The van der Waals surface area contributed by atoms with Gasteiger partial charge in [0.2, 0.25) is 0 Å². The number of hydrogen-bond acceptors (Lipinski definition) is 3. The number of allylic oxidation sites excluding steroid dienone is 2. The van der Waals surface area contributed by atoms with E-state index in [4.69, 9.17) is 0 Å². The maximum absolute atomic E-state index is 12.3. The van der Waals surface area contributed by atoms with E-state index in [1.54, 1.807) is 13.0 Å². The fourth-order valence-corrected chi connectivity index (χ4v) is 4.00. The van der Waals surface area contributed by atoms with Crippen LogP contribution in [0.5, 0.6) is 0 Å². The van der Waals surface area contributed by atoms with Crippen molar-refractivity contribution in [2.75, 3.05) is 0 Å². The summed E-state index contributed by atoms with van der Waals surface area (Å²) in [5, 5.41) is 4.13. The van der Waals surface area contributed by atoms with E-state index in [0.29, 0.717) is 16.7 Å². The Balaban J connectivity index is 1.80. The van der Waals surface area contributed by atoms with Crippen LogP contribution in [0, 0.1) is 25.7 Å². The second-order valence-electron chi connectivity index (χ2n) is 5.61. The molecule has 2 aliphatic carbocycles. The highest BCUT2D eigenvalue weighted by atomic mass is 32.2. The van der Waals surface area contributed by atoms with Crippen LogP contribution >= 0.6 is 0 Å². The van der Waals surface area contributed by atoms with Gasteiger partial charge in [-0.3, -0.25) is 0 Å². The van der Waals surface area contributed by atoms with Gasteiger partial charge >= 0.3 is 0 Å². The molecule has 1 aromatic rings. The van der Waals surface area contributed by atoms with Crippen molar-refractivity contribution < 1.29 is 8.42 Å². The van der Waals surface area contributed by atoms with Crippen LogP contribution in [0.25, 0.3) is 0 Å². The summed E-state index contributed by atoms with van der Waals surface area (Å²) in [6, 6.07) is 5.40. The van der Waals surface area contributed by atoms with Gasteiger partial charge in [0.25, 0.3) is 10.0 Å². The number of nitrogens with one attached hydrogen (secondary N) is 1. The summed E-state index contributed by atoms with van der Waals surface area (Å²) in [7, 11) is -3.57. The van der Waals surface area contributed by atoms with Crippen LogP contribution in [0.15, 0.2) is 40.3 Å². The quantitative estimate of drug-likeness (QED) is 0.687. The van der Waals surface area contributed by atoms with E-state index in [2.05, 4.69) is 22.1 Å². The molecule has 2 aliphatic rings. The van der Waals surface area contributed by atoms with Crippen molar-refractivity contribution in [1.82, 2.24) is 4.83 Å². The topological polar surface area (TPSA) is 58.5 Å². The number of rotatable bonds is 3. The van der Waals surface area contributed by atoms with Crippen LogP contribution < -0.4 is 4.83 Å². The highest BCUT2D eigenvalue weighted by molar-refractivity contribution is 7.89. The van der Waals surface area contributed by atoms with Crippen molar-refractivity contribution in [2.24, 2.45) is 16.9 Å². The Labute approximate surface area is 119 Å². The second kappa shape index (κ2) is 4.74. The first kappa shape index (κ1) is 13.4. The molecule has 0 unspecified atom stereocenters. The number of benzene rings is 1. The lowest BCUT2D eigenvalue weighted by Crippen LogP contribution is -2.35. The van der Waals surface area contributed by atoms with Gasteiger partial charge in [0.05, 0.1) is 4.90 Å². The molecule has 0 aromatic heterocycles. The zero-order valence-corrected chi connectivity index (χ0v) is 12.4. The third-order valence-corrected chi connectivity index (χ3v) is 5.46. The fraction of sp³-hybridized carbons (Fsp3) is 0.400. The number of fused-ring (bicyclic) bond motifs is 1. The number of hydrogen-bond donors (Lipinski definition) is 1. The van der Waals surface area contributed by atoms with Gasteiger partial charge in [0, 0.05) is 11.6 Å². The second-order valence-corrected chi connectivity index (χ2v) is 7.23. The Bertz CT molecular complexity index is 705. The summed E-state index contributed by atoms with van der Waals surface area (Å²) in [6.07, 6.45) is 6.20. The largest absolute Gasteiger partial charge is 0.276 e. The van der Waals surface area contributed by atoms with E-state index < -0.39 is 10.0 Å². The van der Waals surface area contributed by atoms with E-state index in [-0.39, 0.29) is 0 Å². The summed E-state index contributed by atoms with van der Waals surface area (Å²) in [5.41, 5.74) is 2.62. The van der Waals surface area contributed by atoms with Crippen LogP contribution in [0.2, 0.25) is 0 Å². The SMILES string of the molecule is Cc1ccc(C)c(S(=O)(=O)N/N=C2/C[C@H]3C=CC[C@@H]23)c1. The van der Waals surface area contributed by atoms with Gasteiger partial charge in [-0.1, -0.05) is 24.3 Å². The first-order valence-electron chi connectivity index (χ1n) is 6.79. The van der Waals surface area contributed by atoms with E-state index in [1.807, 2.05) is 19.1 Å². The Morgan fingerprint density at radius 2 is 2.10 bits per heavy atom. The summed E-state index contributed by atoms with van der Waals surface area (Å²) >= 11 is 0. The number of hydrazone groups is 1. The van der Waals surface area contributed by atoms with Gasteiger partial charge in [-0.15, -0.1) is 0 Å². The Morgan fingerprint density at radius 3 is 2.85 bits per heavy atom. The molecule has 1 N–H and O–H groups in total. The van der Waals surface area contributed by atoms with Gasteiger partial charge < -0.3 is 0 Å². The third-order valence-electron chi connectivity index (χ3n) is 4.11. The van der Waals surface area contributed by atoms with E-state index >= 15 is 0 Å². The molecule has 1 saturated carbocycles. The molecule has 0 aliphatic heterocycles. The van der Waals surface area contributed by atoms with Crippen LogP contribution in [0.1, 0.15) is 24.0 Å². The molecule has 3 rings (SSSR count). The fourth-order valence-electron chi connectivity index (χ4n) is 2.83. The zero-order chi connectivity index (χ0) is 14.3. The molecule has 4 nitrogen and oxygen atoms in total. The first-order valence-corrected chi connectivity index (χ1v) is 8.28. The van der Waals surface area contributed by atoms with E-state index in [1.165, 1.54) is 0 Å². The van der Waals surface area contributed by atoms with Crippen molar-refractivity contribution in [3.8, 4) is 0 Å². The van der Waals surface area contributed by atoms with Crippen molar-refractivity contribution >= 4 is 15.7 Å². The number of sulfonamides is 1. The third kappa shape index (κ3) is 2.26. The number of nitrogens with zero attached hydrogens (tertiary/aromatic N) is 1. The van der Waals surface area contributed by atoms with Crippen molar-refractivity contribution in [3.05, 3.63) is 41.5 Å². The van der Waals surface area contributed by atoms with Crippen molar-refractivity contribution in [2.45, 2.75) is 31.6 Å². The maximum Gasteiger partial charge on any atom is 0.276 e. The van der Waals surface area contributed by atoms with E-state index in [0.717, 1.165) is 29.7 Å². The minimum absolute atomic E-state index is 0.308. The molecule has 0 amide bonds. The van der Waals surface area contributed by atoms with Gasteiger partial charge in [-0.25, -0.2) is 4.83 Å². The molecule has 20 heavy (non-hydrogen) atoms. The molecule has 0 bridgehead atoms. The van der Waals surface area contributed by atoms with Gasteiger partial charge in [-0.2, -0.15) is 13.5 Å². The molecule has 1 aromatic carbocycles. The Hall–Kier alpha value is -1.62. The average molecular weight is 290 g/mol. The summed E-state index contributed by atoms with van der Waals surface area (Å²) in [6.45, 7) is 3.67. The molecule has 106 valence electrons. The summed E-state index contributed by atoms with van der Waals surface area (Å²) in [4.78, 5) is 2.70. The minimum atomic E-state index is -3.57.